The van der Waals surface area contributed by atoms with Crippen molar-refractivity contribution in [3.8, 4) is 0 Å². The second-order valence-electron chi connectivity index (χ2n) is 4.91. The van der Waals surface area contributed by atoms with Crippen LogP contribution in [0.4, 0.5) is 5.13 Å². The highest BCUT2D eigenvalue weighted by atomic mass is 32.1. The topological polar surface area (TPSA) is 33.2 Å². The monoisotopic (exact) mass is 238 g/mol. The number of thiazole rings is 1. The number of hydrogen-bond donors (Lipinski definition) is 0. The minimum absolute atomic E-state index is 0.715. The van der Waals surface area contributed by atoms with E-state index in [4.69, 9.17) is 0 Å². The molecule has 2 rings (SSSR count). The number of carbonyl (C=O) groups is 1. The van der Waals surface area contributed by atoms with E-state index in [1.54, 1.807) is 0 Å². The number of anilines is 1. The second-order valence-corrected chi connectivity index (χ2v) is 5.92. The van der Waals surface area contributed by atoms with E-state index in [1.807, 2.05) is 6.92 Å². The average Bonchev–Trinajstić information content (AvgIpc) is 2.58. The molecule has 0 aliphatic carbocycles. The van der Waals surface area contributed by atoms with Gasteiger partial charge in [-0.05, 0) is 25.2 Å². The standard InChI is InChI=1S/C12H18N2OS/c1-8-4-9(2)6-14(5-8)12-13-10(3)11(7-15)16-12/h7-9H,4-6H2,1-3H3. The smallest absolute Gasteiger partial charge is 0.186 e. The molecule has 0 saturated carbocycles. The third-order valence-electron chi connectivity index (χ3n) is 3.07. The number of hydrogen-bond acceptors (Lipinski definition) is 4. The Labute approximate surface area is 100 Å². The minimum atomic E-state index is 0.715. The van der Waals surface area contributed by atoms with E-state index in [0.29, 0.717) is 11.8 Å². The van der Waals surface area contributed by atoms with E-state index in [2.05, 4.69) is 23.7 Å². The molecule has 2 heterocycles. The SMILES string of the molecule is Cc1nc(N2CC(C)CC(C)C2)sc1C=O. The van der Waals surface area contributed by atoms with Gasteiger partial charge in [-0.3, -0.25) is 4.79 Å². The number of rotatable bonds is 2. The number of aryl methyl sites for hydroxylation is 1. The van der Waals surface area contributed by atoms with Crippen molar-refractivity contribution >= 4 is 22.8 Å². The van der Waals surface area contributed by atoms with Crippen LogP contribution in [0.2, 0.25) is 0 Å². The molecule has 2 atom stereocenters. The molecule has 0 aromatic carbocycles. The first kappa shape index (κ1) is 11.6. The van der Waals surface area contributed by atoms with Gasteiger partial charge in [0.15, 0.2) is 11.4 Å². The van der Waals surface area contributed by atoms with Gasteiger partial charge in [-0.15, -0.1) is 0 Å². The first-order chi connectivity index (χ1) is 7.60. The van der Waals surface area contributed by atoms with Crippen LogP contribution in [0.25, 0.3) is 0 Å². The van der Waals surface area contributed by atoms with E-state index in [9.17, 15) is 4.79 Å². The lowest BCUT2D eigenvalue weighted by atomic mass is 9.92. The van der Waals surface area contributed by atoms with Crippen molar-refractivity contribution in [2.75, 3.05) is 18.0 Å². The van der Waals surface area contributed by atoms with Gasteiger partial charge in [-0.25, -0.2) is 4.98 Å². The van der Waals surface area contributed by atoms with Gasteiger partial charge in [0.25, 0.3) is 0 Å². The Morgan fingerprint density at radius 2 is 2.00 bits per heavy atom. The van der Waals surface area contributed by atoms with Crippen LogP contribution in [0.1, 0.15) is 35.6 Å². The number of nitrogens with zero attached hydrogens (tertiary/aromatic N) is 2. The molecule has 1 aliphatic rings. The molecule has 4 heteroatoms. The van der Waals surface area contributed by atoms with Crippen molar-refractivity contribution in [2.45, 2.75) is 27.2 Å². The Balaban J connectivity index is 2.19. The fourth-order valence-corrected chi connectivity index (χ4v) is 3.36. The molecule has 0 N–H and O–H groups in total. The summed E-state index contributed by atoms with van der Waals surface area (Å²) in [4.78, 5) is 18.4. The van der Waals surface area contributed by atoms with E-state index < -0.39 is 0 Å². The molecule has 1 aliphatic heterocycles. The summed E-state index contributed by atoms with van der Waals surface area (Å²) in [5, 5.41) is 1.01. The molecular formula is C12H18N2OS. The van der Waals surface area contributed by atoms with Crippen LogP contribution in [0.15, 0.2) is 0 Å². The molecule has 0 amide bonds. The summed E-state index contributed by atoms with van der Waals surface area (Å²) in [7, 11) is 0. The quantitative estimate of drug-likeness (QED) is 0.743. The lowest BCUT2D eigenvalue weighted by Crippen LogP contribution is -2.38. The zero-order valence-corrected chi connectivity index (χ0v) is 10.9. The van der Waals surface area contributed by atoms with E-state index in [0.717, 1.165) is 35.1 Å². The Morgan fingerprint density at radius 1 is 1.38 bits per heavy atom. The van der Waals surface area contributed by atoms with Crippen LogP contribution in [-0.4, -0.2) is 24.4 Å². The largest absolute Gasteiger partial charge is 0.348 e. The van der Waals surface area contributed by atoms with Crippen LogP contribution < -0.4 is 4.90 Å². The number of carbonyl (C=O) groups excluding carboxylic acids is 1. The summed E-state index contributed by atoms with van der Waals surface area (Å²) in [6.07, 6.45) is 2.20. The molecule has 0 spiro atoms. The first-order valence-corrected chi connectivity index (χ1v) is 6.59. The third-order valence-corrected chi connectivity index (χ3v) is 4.21. The molecule has 1 saturated heterocycles. The van der Waals surface area contributed by atoms with Gasteiger partial charge in [-0.2, -0.15) is 0 Å². The van der Waals surface area contributed by atoms with Crippen molar-refractivity contribution < 1.29 is 4.79 Å². The summed E-state index contributed by atoms with van der Waals surface area (Å²) in [5.74, 6) is 1.43. The van der Waals surface area contributed by atoms with Crippen molar-refractivity contribution in [3.05, 3.63) is 10.6 Å². The van der Waals surface area contributed by atoms with Gasteiger partial charge < -0.3 is 4.90 Å². The van der Waals surface area contributed by atoms with Crippen LogP contribution in [0, 0.1) is 18.8 Å². The molecule has 2 unspecified atom stereocenters. The second kappa shape index (κ2) is 4.53. The maximum Gasteiger partial charge on any atom is 0.186 e. The van der Waals surface area contributed by atoms with Crippen molar-refractivity contribution in [2.24, 2.45) is 11.8 Å². The van der Waals surface area contributed by atoms with E-state index in [1.165, 1.54) is 17.8 Å². The number of aromatic nitrogens is 1. The lowest BCUT2D eigenvalue weighted by Gasteiger charge is -2.34. The fourth-order valence-electron chi connectivity index (χ4n) is 2.46. The maximum atomic E-state index is 10.8. The molecule has 0 radical (unpaired) electrons. The van der Waals surface area contributed by atoms with Gasteiger partial charge in [0.2, 0.25) is 0 Å². The number of aldehydes is 1. The molecule has 16 heavy (non-hydrogen) atoms. The fraction of sp³-hybridized carbons (Fsp3) is 0.667. The molecule has 88 valence electrons. The van der Waals surface area contributed by atoms with Gasteiger partial charge >= 0.3 is 0 Å². The maximum absolute atomic E-state index is 10.8. The van der Waals surface area contributed by atoms with Crippen molar-refractivity contribution in [1.29, 1.82) is 0 Å². The molecule has 0 bridgehead atoms. The van der Waals surface area contributed by atoms with Gasteiger partial charge in [0.1, 0.15) is 0 Å². The lowest BCUT2D eigenvalue weighted by molar-refractivity contribution is 0.112. The highest BCUT2D eigenvalue weighted by Crippen LogP contribution is 2.30. The van der Waals surface area contributed by atoms with Crippen LogP contribution in [0.5, 0.6) is 0 Å². The molecular weight excluding hydrogens is 220 g/mol. The summed E-state index contributed by atoms with van der Waals surface area (Å²) in [6.45, 7) is 8.60. The highest BCUT2D eigenvalue weighted by molar-refractivity contribution is 7.17. The summed E-state index contributed by atoms with van der Waals surface area (Å²) >= 11 is 1.52. The Bertz CT molecular complexity index is 378. The minimum Gasteiger partial charge on any atom is -0.348 e. The van der Waals surface area contributed by atoms with E-state index in [-0.39, 0.29) is 0 Å². The Hall–Kier alpha value is -0.900. The van der Waals surface area contributed by atoms with Gasteiger partial charge in [0, 0.05) is 13.1 Å². The predicted octanol–water partition coefficient (Wildman–Crippen LogP) is 2.75. The zero-order chi connectivity index (χ0) is 11.7. The van der Waals surface area contributed by atoms with Crippen LogP contribution in [-0.2, 0) is 0 Å². The summed E-state index contributed by atoms with van der Waals surface area (Å²) in [6, 6.07) is 0. The molecule has 1 fully saturated rings. The summed E-state index contributed by atoms with van der Waals surface area (Å²) in [5.41, 5.74) is 0.862. The number of piperidine rings is 1. The van der Waals surface area contributed by atoms with Crippen molar-refractivity contribution in [3.63, 3.8) is 0 Å². The Kier molecular flexibility index (Phi) is 3.28. The molecule has 1 aromatic heterocycles. The summed E-state index contributed by atoms with van der Waals surface area (Å²) < 4.78 is 0. The van der Waals surface area contributed by atoms with Crippen molar-refractivity contribution in [1.82, 2.24) is 4.98 Å². The predicted molar refractivity (Wildman–Crippen MR) is 67.4 cm³/mol. The first-order valence-electron chi connectivity index (χ1n) is 5.77. The third kappa shape index (κ3) is 2.26. The normalized spacial score (nSPS) is 25.8. The highest BCUT2D eigenvalue weighted by Gasteiger charge is 2.24. The van der Waals surface area contributed by atoms with Gasteiger partial charge in [0.05, 0.1) is 10.6 Å². The average molecular weight is 238 g/mol. The van der Waals surface area contributed by atoms with Crippen LogP contribution in [0.3, 0.4) is 0 Å². The van der Waals surface area contributed by atoms with Crippen LogP contribution >= 0.6 is 11.3 Å². The Morgan fingerprint density at radius 3 is 2.50 bits per heavy atom. The molecule has 3 nitrogen and oxygen atoms in total. The van der Waals surface area contributed by atoms with E-state index >= 15 is 0 Å². The van der Waals surface area contributed by atoms with Gasteiger partial charge in [-0.1, -0.05) is 25.2 Å². The zero-order valence-electron chi connectivity index (χ0n) is 10.1. The molecule has 1 aromatic rings.